The zero-order valence-corrected chi connectivity index (χ0v) is 20.8. The summed E-state index contributed by atoms with van der Waals surface area (Å²) >= 11 is 0. The van der Waals surface area contributed by atoms with Gasteiger partial charge in [0.15, 0.2) is 0 Å². The van der Waals surface area contributed by atoms with Gasteiger partial charge in [-0.15, -0.1) is 0 Å². The van der Waals surface area contributed by atoms with Gasteiger partial charge in [0.05, 0.1) is 4.90 Å². The van der Waals surface area contributed by atoms with Gasteiger partial charge in [0.25, 0.3) is 0 Å². The maximum atomic E-state index is 12.9. The van der Waals surface area contributed by atoms with Crippen LogP contribution in [0, 0.1) is 5.92 Å². The van der Waals surface area contributed by atoms with Crippen LogP contribution in [0.5, 0.6) is 5.75 Å². The highest BCUT2D eigenvalue weighted by Crippen LogP contribution is 2.24. The highest BCUT2D eigenvalue weighted by Gasteiger charge is 2.18. The van der Waals surface area contributed by atoms with Gasteiger partial charge in [0.1, 0.15) is 12.4 Å². The molecule has 1 fully saturated rings. The molecule has 0 radical (unpaired) electrons. The zero-order valence-electron chi connectivity index (χ0n) is 20.0. The highest BCUT2D eigenvalue weighted by atomic mass is 32.2. The maximum absolute atomic E-state index is 12.9. The van der Waals surface area contributed by atoms with Gasteiger partial charge in [-0.2, -0.15) is 0 Å². The molecule has 3 N–H and O–H groups in total. The van der Waals surface area contributed by atoms with E-state index in [2.05, 4.69) is 42.7 Å². The molecule has 2 aromatic carbocycles. The van der Waals surface area contributed by atoms with Crippen LogP contribution in [-0.2, 0) is 28.5 Å². The molecule has 1 aliphatic rings. The van der Waals surface area contributed by atoms with E-state index in [4.69, 9.17) is 4.74 Å². The van der Waals surface area contributed by atoms with Crippen LogP contribution in [0.3, 0.4) is 0 Å². The summed E-state index contributed by atoms with van der Waals surface area (Å²) in [6, 6.07) is 13.0. The monoisotopic (exact) mass is 471 g/mol. The molecular weight excluding hydrogens is 434 g/mol. The fourth-order valence-corrected chi connectivity index (χ4v) is 4.89. The molecule has 1 unspecified atom stereocenters. The average Bonchev–Trinajstić information content (AvgIpc) is 3.29. The van der Waals surface area contributed by atoms with Crippen molar-refractivity contribution in [3.8, 4) is 5.75 Å². The molecule has 0 amide bonds. The first-order valence-electron chi connectivity index (χ1n) is 11.6. The van der Waals surface area contributed by atoms with E-state index in [1.54, 1.807) is 18.2 Å². The molecule has 0 aromatic heterocycles. The molecule has 1 aliphatic heterocycles. The van der Waals surface area contributed by atoms with E-state index in [1.165, 1.54) is 6.42 Å². The lowest BCUT2D eigenvalue weighted by molar-refractivity contribution is 0.362. The second-order valence-electron chi connectivity index (χ2n) is 9.67. The maximum Gasteiger partial charge on any atom is 0.240 e. The summed E-state index contributed by atoms with van der Waals surface area (Å²) in [5, 5.41) is 6.90. The second-order valence-corrected chi connectivity index (χ2v) is 11.4. The Morgan fingerprint density at radius 2 is 1.82 bits per heavy atom. The minimum Gasteiger partial charge on any atom is -0.490 e. The quantitative estimate of drug-likeness (QED) is 0.435. The first-order chi connectivity index (χ1) is 15.7. The lowest BCUT2D eigenvalue weighted by Crippen LogP contribution is -2.25. The van der Waals surface area contributed by atoms with Crippen LogP contribution in [-0.4, -0.2) is 34.7 Å². The molecule has 0 aliphatic carbocycles. The van der Waals surface area contributed by atoms with E-state index in [0.29, 0.717) is 24.8 Å². The molecule has 1 atom stereocenters. The summed E-state index contributed by atoms with van der Waals surface area (Å²) in [5.74, 6) is 1.36. The Hall–Kier alpha value is -2.19. The Morgan fingerprint density at radius 3 is 2.42 bits per heavy atom. The van der Waals surface area contributed by atoms with Gasteiger partial charge in [0.2, 0.25) is 10.0 Å². The standard InChI is InChI=1S/C26H37N3O3S/c1-5-12-32-24-14-21(18-28-17-20-10-11-27-16-20)13-22(15-24)19-29-33(30,31)25-8-6-23(7-9-25)26(2,3)4/h5-9,13-15,20,27-29H,1,10-12,16-19H2,2-4H3. The lowest BCUT2D eigenvalue weighted by atomic mass is 9.87. The summed E-state index contributed by atoms with van der Waals surface area (Å²) in [4.78, 5) is 0.265. The first kappa shape index (κ1) is 25.4. The van der Waals surface area contributed by atoms with Crippen molar-refractivity contribution in [2.75, 3.05) is 26.2 Å². The predicted octanol–water partition coefficient (Wildman–Crippen LogP) is 3.73. The van der Waals surface area contributed by atoms with E-state index in [-0.39, 0.29) is 16.9 Å². The van der Waals surface area contributed by atoms with E-state index in [9.17, 15) is 8.42 Å². The third-order valence-corrected chi connectivity index (χ3v) is 7.23. The van der Waals surface area contributed by atoms with E-state index in [0.717, 1.165) is 36.3 Å². The van der Waals surface area contributed by atoms with Crippen molar-refractivity contribution >= 4 is 10.0 Å². The number of benzene rings is 2. The summed E-state index contributed by atoms with van der Waals surface area (Å²) in [5.41, 5.74) is 2.98. The molecule has 6 nitrogen and oxygen atoms in total. The molecule has 0 bridgehead atoms. The van der Waals surface area contributed by atoms with Crippen molar-refractivity contribution in [1.82, 2.24) is 15.4 Å². The summed E-state index contributed by atoms with van der Waals surface area (Å²) in [6.07, 6.45) is 2.89. The Balaban J connectivity index is 1.67. The largest absolute Gasteiger partial charge is 0.490 e. The minimum absolute atomic E-state index is 0.0275. The van der Waals surface area contributed by atoms with Crippen LogP contribution in [0.4, 0.5) is 0 Å². The Bertz CT molecular complexity index is 1020. The SMILES string of the molecule is C=CCOc1cc(CNCC2CCNC2)cc(CNS(=O)(=O)c2ccc(C(C)(C)C)cc2)c1. The molecule has 0 spiro atoms. The number of rotatable bonds is 11. The molecule has 180 valence electrons. The predicted molar refractivity (Wildman–Crippen MR) is 134 cm³/mol. The highest BCUT2D eigenvalue weighted by molar-refractivity contribution is 7.89. The molecular formula is C26H37N3O3S. The van der Waals surface area contributed by atoms with Gasteiger partial charge in [-0.3, -0.25) is 0 Å². The van der Waals surface area contributed by atoms with Crippen LogP contribution in [0.25, 0.3) is 0 Å². The number of hydrogen-bond donors (Lipinski definition) is 3. The van der Waals surface area contributed by atoms with Crippen molar-refractivity contribution in [2.45, 2.75) is 50.6 Å². The molecule has 3 rings (SSSR count). The van der Waals surface area contributed by atoms with Crippen molar-refractivity contribution in [3.05, 3.63) is 71.8 Å². The second kappa shape index (κ2) is 11.3. The normalized spacial score (nSPS) is 16.6. The summed E-state index contributed by atoms with van der Waals surface area (Å²) < 4.78 is 34.2. The third-order valence-electron chi connectivity index (χ3n) is 5.82. The third kappa shape index (κ3) is 7.67. The number of ether oxygens (including phenoxy) is 1. The Morgan fingerprint density at radius 1 is 1.12 bits per heavy atom. The van der Waals surface area contributed by atoms with Gasteiger partial charge >= 0.3 is 0 Å². The van der Waals surface area contributed by atoms with Gasteiger partial charge < -0.3 is 15.4 Å². The number of sulfonamides is 1. The average molecular weight is 472 g/mol. The van der Waals surface area contributed by atoms with Crippen LogP contribution < -0.4 is 20.1 Å². The summed E-state index contributed by atoms with van der Waals surface area (Å²) in [7, 11) is -3.62. The topological polar surface area (TPSA) is 79.5 Å². The Kier molecular flexibility index (Phi) is 8.70. The van der Waals surface area contributed by atoms with Gasteiger partial charge in [-0.25, -0.2) is 13.1 Å². The molecule has 0 saturated carbocycles. The van der Waals surface area contributed by atoms with E-state index < -0.39 is 10.0 Å². The lowest BCUT2D eigenvalue weighted by Gasteiger charge is -2.19. The van der Waals surface area contributed by atoms with Crippen LogP contribution >= 0.6 is 0 Å². The van der Waals surface area contributed by atoms with Crippen LogP contribution in [0.1, 0.15) is 43.9 Å². The minimum atomic E-state index is -3.62. The molecule has 33 heavy (non-hydrogen) atoms. The van der Waals surface area contributed by atoms with Crippen LogP contribution in [0.15, 0.2) is 60.0 Å². The fraction of sp³-hybridized carbons (Fsp3) is 0.462. The number of nitrogens with one attached hydrogen (secondary N) is 3. The van der Waals surface area contributed by atoms with Gasteiger partial charge in [-0.05, 0) is 78.3 Å². The van der Waals surface area contributed by atoms with E-state index in [1.807, 2.05) is 30.3 Å². The fourth-order valence-electron chi connectivity index (χ4n) is 3.88. The van der Waals surface area contributed by atoms with Crippen LogP contribution in [0.2, 0.25) is 0 Å². The van der Waals surface area contributed by atoms with E-state index >= 15 is 0 Å². The molecule has 1 heterocycles. The first-order valence-corrected chi connectivity index (χ1v) is 13.0. The molecule has 7 heteroatoms. The molecule has 2 aromatic rings. The van der Waals surface area contributed by atoms with Crippen molar-refractivity contribution in [3.63, 3.8) is 0 Å². The van der Waals surface area contributed by atoms with Gasteiger partial charge in [0, 0.05) is 13.1 Å². The van der Waals surface area contributed by atoms with Crippen molar-refractivity contribution in [2.24, 2.45) is 5.92 Å². The summed E-state index contributed by atoms with van der Waals surface area (Å²) in [6.45, 7) is 14.4. The molecule has 1 saturated heterocycles. The van der Waals surface area contributed by atoms with Gasteiger partial charge in [-0.1, -0.05) is 51.6 Å². The Labute approximate surface area is 198 Å². The zero-order chi connectivity index (χ0) is 23.9. The number of hydrogen-bond acceptors (Lipinski definition) is 5. The van der Waals surface area contributed by atoms with Crippen molar-refractivity contribution < 1.29 is 13.2 Å². The van der Waals surface area contributed by atoms with Crippen molar-refractivity contribution in [1.29, 1.82) is 0 Å². The smallest absolute Gasteiger partial charge is 0.240 e.